The smallest absolute Gasteiger partial charge is 0.303 e. The first-order valence-electron chi connectivity index (χ1n) is 12.2. The van der Waals surface area contributed by atoms with Crippen molar-refractivity contribution < 1.29 is 19.4 Å². The van der Waals surface area contributed by atoms with E-state index in [1.54, 1.807) is 7.11 Å². The molecule has 2 N–H and O–H groups in total. The molecule has 0 spiro atoms. The van der Waals surface area contributed by atoms with E-state index in [0.29, 0.717) is 24.4 Å². The largest absolute Gasteiger partial charge is 0.497 e. The molecule has 1 heterocycles. The van der Waals surface area contributed by atoms with E-state index < -0.39 is 5.97 Å². The third-order valence-electron chi connectivity index (χ3n) is 6.56. The normalized spacial score (nSPS) is 14.2. The van der Waals surface area contributed by atoms with E-state index >= 15 is 0 Å². The maximum atomic E-state index is 11.0. The fourth-order valence-corrected chi connectivity index (χ4v) is 4.73. The van der Waals surface area contributed by atoms with Crippen LogP contribution in [0.2, 0.25) is 0 Å². The number of rotatable bonds is 11. The van der Waals surface area contributed by atoms with Crippen LogP contribution in [0.4, 0.5) is 0 Å². The van der Waals surface area contributed by atoms with E-state index in [1.807, 2.05) is 49.4 Å². The molecular weight excluding hydrogens is 454 g/mol. The number of aryl methyl sites for hydroxylation is 2. The van der Waals surface area contributed by atoms with E-state index in [-0.39, 0.29) is 12.3 Å². The fourth-order valence-electron chi connectivity index (χ4n) is 4.73. The molecule has 0 aliphatic heterocycles. The minimum atomic E-state index is -0.746. The van der Waals surface area contributed by atoms with Crippen molar-refractivity contribution in [3.63, 3.8) is 0 Å². The van der Waals surface area contributed by atoms with Gasteiger partial charge in [-0.2, -0.15) is 5.26 Å². The average Bonchev–Trinajstić information content (AvgIpc) is 3.27. The topological polar surface area (TPSA) is 104 Å². The van der Waals surface area contributed by atoms with Gasteiger partial charge in [0.2, 0.25) is 0 Å². The van der Waals surface area contributed by atoms with Gasteiger partial charge in [-0.1, -0.05) is 6.07 Å². The second-order valence-corrected chi connectivity index (χ2v) is 9.07. The second-order valence-electron chi connectivity index (χ2n) is 9.07. The molecule has 36 heavy (non-hydrogen) atoms. The molecule has 0 unspecified atom stereocenters. The number of nitriles is 1. The Kier molecular flexibility index (Phi) is 8.19. The van der Waals surface area contributed by atoms with Gasteiger partial charge in [0.25, 0.3) is 0 Å². The molecule has 1 aromatic heterocycles. The highest BCUT2D eigenvalue weighted by Crippen LogP contribution is 2.37. The molecular formula is C29H31N3O4. The number of methoxy groups -OCH3 is 1. The maximum Gasteiger partial charge on any atom is 0.303 e. The van der Waals surface area contributed by atoms with Gasteiger partial charge in [0.15, 0.2) is 0 Å². The Morgan fingerprint density at radius 1 is 1.19 bits per heavy atom. The zero-order valence-corrected chi connectivity index (χ0v) is 20.7. The van der Waals surface area contributed by atoms with Gasteiger partial charge in [-0.3, -0.25) is 9.78 Å². The summed E-state index contributed by atoms with van der Waals surface area (Å²) in [4.78, 5) is 15.8. The van der Waals surface area contributed by atoms with E-state index in [1.165, 1.54) is 5.56 Å². The number of carbonyl (C=O) groups is 1. The molecule has 4 rings (SSSR count). The molecule has 7 nitrogen and oxygen atoms in total. The Bertz CT molecular complexity index is 1260. The Hall–Kier alpha value is -3.89. The SMILES string of the molecule is COc1ccc(-c2nc(CNCCCOc3ccc4c(c3)CC[C@H]4CC(=O)O)cc(C)c2C#N)cc1. The van der Waals surface area contributed by atoms with E-state index in [9.17, 15) is 10.1 Å². The van der Waals surface area contributed by atoms with Crippen molar-refractivity contribution in [3.8, 4) is 28.8 Å². The fraction of sp³-hybridized carbons (Fsp3) is 0.345. The number of ether oxygens (including phenoxy) is 2. The summed E-state index contributed by atoms with van der Waals surface area (Å²) >= 11 is 0. The minimum absolute atomic E-state index is 0.112. The van der Waals surface area contributed by atoms with Crippen molar-refractivity contribution in [3.05, 3.63) is 76.5 Å². The molecule has 0 saturated carbocycles. The molecule has 2 aromatic carbocycles. The lowest BCUT2D eigenvalue weighted by Crippen LogP contribution is -2.18. The number of benzene rings is 2. The standard InChI is InChI=1S/C29H31N3O4/c1-19-14-23(32-29(27(19)17-30)20-6-8-24(35-2)9-7-20)18-31-12-3-13-36-25-10-11-26-21(15-25)4-5-22(26)16-28(33)34/h6-11,14-15,22,31H,3-5,12-13,16,18H2,1-2H3,(H,33,34)/t22-/m0/s1. The van der Waals surface area contributed by atoms with Gasteiger partial charge in [-0.15, -0.1) is 0 Å². The predicted molar refractivity (Wildman–Crippen MR) is 137 cm³/mol. The zero-order valence-electron chi connectivity index (χ0n) is 20.7. The maximum absolute atomic E-state index is 11.0. The van der Waals surface area contributed by atoms with Gasteiger partial charge in [-0.05, 0) is 97.8 Å². The third kappa shape index (κ3) is 6.02. The Morgan fingerprint density at radius 2 is 1.97 bits per heavy atom. The molecule has 0 saturated heterocycles. The number of nitrogens with one attached hydrogen (secondary N) is 1. The quantitative estimate of drug-likeness (QED) is 0.368. The number of hydrogen-bond acceptors (Lipinski definition) is 6. The van der Waals surface area contributed by atoms with Crippen LogP contribution in [0.15, 0.2) is 48.5 Å². The number of pyridine rings is 1. The number of nitrogens with zero attached hydrogens (tertiary/aromatic N) is 2. The highest BCUT2D eigenvalue weighted by molar-refractivity contribution is 5.69. The number of fused-ring (bicyclic) bond motifs is 1. The van der Waals surface area contributed by atoms with Crippen molar-refractivity contribution in [1.29, 1.82) is 5.26 Å². The average molecular weight is 486 g/mol. The van der Waals surface area contributed by atoms with Crippen molar-refractivity contribution in [2.24, 2.45) is 0 Å². The number of hydrogen-bond donors (Lipinski definition) is 2. The van der Waals surface area contributed by atoms with Crippen LogP contribution in [0, 0.1) is 18.3 Å². The number of carboxylic acids is 1. The first-order valence-corrected chi connectivity index (χ1v) is 12.2. The first-order chi connectivity index (χ1) is 17.5. The Balaban J connectivity index is 1.28. The summed E-state index contributed by atoms with van der Waals surface area (Å²) in [5, 5.41) is 22.1. The van der Waals surface area contributed by atoms with E-state index in [2.05, 4.69) is 17.5 Å². The first kappa shape index (κ1) is 25.2. The molecule has 1 atom stereocenters. The summed E-state index contributed by atoms with van der Waals surface area (Å²) in [5.74, 6) is 0.957. The summed E-state index contributed by atoms with van der Waals surface area (Å²) in [5.41, 5.74) is 6.28. The highest BCUT2D eigenvalue weighted by Gasteiger charge is 2.24. The van der Waals surface area contributed by atoms with Crippen LogP contribution in [-0.4, -0.2) is 36.3 Å². The van der Waals surface area contributed by atoms with Crippen LogP contribution in [0.25, 0.3) is 11.3 Å². The van der Waals surface area contributed by atoms with Crippen LogP contribution < -0.4 is 14.8 Å². The molecule has 0 radical (unpaired) electrons. The lowest BCUT2D eigenvalue weighted by Gasteiger charge is -2.12. The van der Waals surface area contributed by atoms with Crippen LogP contribution >= 0.6 is 0 Å². The molecule has 0 bridgehead atoms. The second kappa shape index (κ2) is 11.7. The summed E-state index contributed by atoms with van der Waals surface area (Å²) in [6.07, 6.45) is 2.81. The summed E-state index contributed by atoms with van der Waals surface area (Å²) in [7, 11) is 1.63. The molecule has 7 heteroatoms. The van der Waals surface area contributed by atoms with Gasteiger partial charge in [0.1, 0.15) is 17.6 Å². The summed E-state index contributed by atoms with van der Waals surface area (Å²) < 4.78 is 11.2. The molecule has 0 amide bonds. The van der Waals surface area contributed by atoms with Gasteiger partial charge in [-0.25, -0.2) is 0 Å². The van der Waals surface area contributed by atoms with Crippen LogP contribution in [0.5, 0.6) is 11.5 Å². The lowest BCUT2D eigenvalue weighted by molar-refractivity contribution is -0.137. The molecule has 1 aliphatic carbocycles. The summed E-state index contributed by atoms with van der Waals surface area (Å²) in [6.45, 7) is 3.89. The van der Waals surface area contributed by atoms with Crippen molar-refractivity contribution >= 4 is 5.97 Å². The lowest BCUT2D eigenvalue weighted by atomic mass is 9.98. The van der Waals surface area contributed by atoms with Crippen molar-refractivity contribution in [2.45, 2.75) is 45.1 Å². The third-order valence-corrected chi connectivity index (χ3v) is 6.56. The van der Waals surface area contributed by atoms with E-state index in [4.69, 9.17) is 19.6 Å². The number of aliphatic carboxylic acids is 1. The Labute approximate surface area is 211 Å². The van der Waals surface area contributed by atoms with Crippen LogP contribution in [0.1, 0.15) is 53.1 Å². The van der Waals surface area contributed by atoms with E-state index in [0.717, 1.165) is 59.7 Å². The Morgan fingerprint density at radius 3 is 2.69 bits per heavy atom. The molecule has 3 aromatic rings. The van der Waals surface area contributed by atoms with Crippen LogP contribution in [-0.2, 0) is 17.8 Å². The number of carboxylic acid groups (broad SMARTS) is 1. The van der Waals surface area contributed by atoms with Crippen molar-refractivity contribution in [2.75, 3.05) is 20.3 Å². The molecule has 186 valence electrons. The predicted octanol–water partition coefficient (Wildman–Crippen LogP) is 5.00. The van der Waals surface area contributed by atoms with Gasteiger partial charge >= 0.3 is 5.97 Å². The monoisotopic (exact) mass is 485 g/mol. The minimum Gasteiger partial charge on any atom is -0.497 e. The van der Waals surface area contributed by atoms with Crippen LogP contribution in [0.3, 0.4) is 0 Å². The molecule has 0 fully saturated rings. The van der Waals surface area contributed by atoms with Gasteiger partial charge < -0.3 is 19.9 Å². The summed E-state index contributed by atoms with van der Waals surface area (Å²) in [6, 6.07) is 17.8. The molecule has 1 aliphatic rings. The van der Waals surface area contributed by atoms with Gasteiger partial charge in [0.05, 0.1) is 37.1 Å². The zero-order chi connectivity index (χ0) is 25.5. The number of aromatic nitrogens is 1. The van der Waals surface area contributed by atoms with Gasteiger partial charge in [0, 0.05) is 12.1 Å². The highest BCUT2D eigenvalue weighted by atomic mass is 16.5. The van der Waals surface area contributed by atoms with Crippen molar-refractivity contribution in [1.82, 2.24) is 10.3 Å².